The molecule has 0 aliphatic carbocycles. The van der Waals surface area contributed by atoms with Crippen molar-refractivity contribution in [3.05, 3.63) is 82.5 Å². The molecule has 0 aliphatic rings. The third-order valence-corrected chi connectivity index (χ3v) is 6.37. The van der Waals surface area contributed by atoms with Gasteiger partial charge in [0.1, 0.15) is 17.6 Å². The zero-order valence-corrected chi connectivity index (χ0v) is 21.5. The van der Waals surface area contributed by atoms with Gasteiger partial charge in [0.05, 0.1) is 19.7 Å². The van der Waals surface area contributed by atoms with Crippen molar-refractivity contribution in [1.82, 2.24) is 4.98 Å². The third-order valence-electron chi connectivity index (χ3n) is 6.03. The van der Waals surface area contributed by atoms with Crippen LogP contribution in [-0.4, -0.2) is 25.3 Å². The van der Waals surface area contributed by atoms with Crippen LogP contribution >= 0.6 is 11.6 Å². The molecule has 186 valence electrons. The highest BCUT2D eigenvalue weighted by molar-refractivity contribution is 6.31. The molecule has 0 saturated heterocycles. The number of pyridine rings is 1. The van der Waals surface area contributed by atoms with Gasteiger partial charge in [-0.2, -0.15) is 0 Å². The van der Waals surface area contributed by atoms with Crippen LogP contribution in [0.1, 0.15) is 29.7 Å². The predicted octanol–water partition coefficient (Wildman–Crippen LogP) is 7.62. The van der Waals surface area contributed by atoms with Crippen LogP contribution in [0.25, 0.3) is 10.9 Å². The quantitative estimate of drug-likeness (QED) is 0.277. The Balaban J connectivity index is 1.54. The van der Waals surface area contributed by atoms with Gasteiger partial charge < -0.3 is 18.9 Å². The number of halogens is 1. The van der Waals surface area contributed by atoms with E-state index in [-0.39, 0.29) is 0 Å². The van der Waals surface area contributed by atoms with Crippen LogP contribution in [-0.2, 0) is 4.74 Å². The van der Waals surface area contributed by atoms with E-state index in [4.69, 9.17) is 30.5 Å². The minimum Gasteiger partial charge on any atom is -0.493 e. The lowest BCUT2D eigenvalue weighted by molar-refractivity contribution is 0.121. The maximum Gasteiger partial charge on any atom is 0.412 e. The Morgan fingerprint density at radius 3 is 2.36 bits per heavy atom. The molecule has 3 aromatic carbocycles. The average Bonchev–Trinajstić information content (AvgIpc) is 2.87. The van der Waals surface area contributed by atoms with E-state index in [9.17, 15) is 4.79 Å². The van der Waals surface area contributed by atoms with Gasteiger partial charge in [0, 0.05) is 33.9 Å². The van der Waals surface area contributed by atoms with Crippen molar-refractivity contribution < 1.29 is 23.7 Å². The molecular weight excluding hydrogens is 480 g/mol. The number of amides is 1. The van der Waals surface area contributed by atoms with Gasteiger partial charge in [0.25, 0.3) is 0 Å². The van der Waals surface area contributed by atoms with Crippen LogP contribution in [0.15, 0.2) is 60.8 Å². The molecule has 4 rings (SSSR count). The number of anilines is 1. The number of hydrogen-bond donors (Lipinski definition) is 1. The molecule has 0 bridgehead atoms. The highest BCUT2D eigenvalue weighted by Gasteiger charge is 2.17. The van der Waals surface area contributed by atoms with E-state index in [1.807, 2.05) is 44.2 Å². The number of methoxy groups -OCH3 is 2. The van der Waals surface area contributed by atoms with Crippen LogP contribution in [0.4, 0.5) is 10.5 Å². The van der Waals surface area contributed by atoms with Crippen LogP contribution in [0, 0.1) is 13.8 Å². The van der Waals surface area contributed by atoms with Gasteiger partial charge in [0.15, 0.2) is 11.5 Å². The van der Waals surface area contributed by atoms with E-state index in [0.717, 1.165) is 22.1 Å². The molecule has 0 fully saturated rings. The van der Waals surface area contributed by atoms with Gasteiger partial charge >= 0.3 is 6.09 Å². The Hall–Kier alpha value is -3.97. The van der Waals surface area contributed by atoms with Gasteiger partial charge in [-0.3, -0.25) is 10.3 Å². The van der Waals surface area contributed by atoms with E-state index in [1.54, 1.807) is 51.6 Å². The fourth-order valence-electron chi connectivity index (χ4n) is 3.86. The van der Waals surface area contributed by atoms with Gasteiger partial charge in [-0.05, 0) is 62.2 Å². The summed E-state index contributed by atoms with van der Waals surface area (Å²) in [6.45, 7) is 5.62. The summed E-state index contributed by atoms with van der Waals surface area (Å²) in [6, 6.07) is 16.3. The number of carbonyl (C=O) groups is 1. The number of nitrogens with zero attached hydrogens (tertiary/aromatic N) is 1. The molecule has 0 aliphatic heterocycles. The highest BCUT2D eigenvalue weighted by Crippen LogP contribution is 2.38. The molecule has 0 spiro atoms. The number of carbonyl (C=O) groups excluding carboxylic acids is 1. The topological polar surface area (TPSA) is 78.9 Å². The second-order valence-electron chi connectivity index (χ2n) is 8.19. The van der Waals surface area contributed by atoms with Crippen molar-refractivity contribution in [3.8, 4) is 23.0 Å². The highest BCUT2D eigenvalue weighted by atomic mass is 35.5. The number of hydrogen-bond acceptors (Lipinski definition) is 6. The van der Waals surface area contributed by atoms with Gasteiger partial charge in [-0.15, -0.1) is 0 Å². The van der Waals surface area contributed by atoms with Gasteiger partial charge in [0.2, 0.25) is 0 Å². The van der Waals surface area contributed by atoms with Crippen molar-refractivity contribution in [1.29, 1.82) is 0 Å². The van der Waals surface area contributed by atoms with Crippen LogP contribution in [0.3, 0.4) is 0 Å². The minimum absolute atomic E-state index is 0.502. The standard InChI is InChI=1S/C28H27ClN2O5/c1-16-17(2)24(36-25-12-13-30-23-15-27(34-5)26(33-4)14-20(23)25)11-10-22(16)31-28(32)35-18(3)19-8-6-7-9-21(19)29/h6-15,18H,1-5H3,(H,31,32). The fraction of sp³-hybridized carbons (Fsp3) is 0.214. The first-order valence-corrected chi connectivity index (χ1v) is 11.7. The number of fused-ring (bicyclic) bond motifs is 1. The lowest BCUT2D eigenvalue weighted by atomic mass is 10.1. The monoisotopic (exact) mass is 506 g/mol. The number of rotatable bonds is 7. The van der Waals surface area contributed by atoms with Crippen LogP contribution in [0.5, 0.6) is 23.0 Å². The lowest BCUT2D eigenvalue weighted by Crippen LogP contribution is -2.17. The SMILES string of the molecule is COc1cc2nccc(Oc3ccc(NC(=O)OC(C)c4ccccc4Cl)c(C)c3C)c2cc1OC. The number of aromatic nitrogens is 1. The normalized spacial score (nSPS) is 11.6. The molecular formula is C28H27ClN2O5. The Labute approximate surface area is 214 Å². The van der Waals surface area contributed by atoms with E-state index in [1.165, 1.54) is 0 Å². The summed E-state index contributed by atoms with van der Waals surface area (Å²) in [6.07, 6.45) is 0.607. The largest absolute Gasteiger partial charge is 0.493 e. The first kappa shape index (κ1) is 25.1. The lowest BCUT2D eigenvalue weighted by Gasteiger charge is -2.18. The van der Waals surface area contributed by atoms with Crippen molar-refractivity contribution in [3.63, 3.8) is 0 Å². The summed E-state index contributed by atoms with van der Waals surface area (Å²) in [5.41, 5.74) is 3.81. The van der Waals surface area contributed by atoms with Crippen molar-refractivity contribution in [2.24, 2.45) is 0 Å². The van der Waals surface area contributed by atoms with Gasteiger partial charge in [-0.1, -0.05) is 29.8 Å². The molecule has 4 aromatic rings. The molecule has 36 heavy (non-hydrogen) atoms. The Kier molecular flexibility index (Phi) is 7.50. The Morgan fingerprint density at radius 2 is 1.64 bits per heavy atom. The van der Waals surface area contributed by atoms with Crippen molar-refractivity contribution in [2.45, 2.75) is 26.9 Å². The zero-order valence-electron chi connectivity index (χ0n) is 20.7. The molecule has 7 nitrogen and oxygen atoms in total. The summed E-state index contributed by atoms with van der Waals surface area (Å²) in [7, 11) is 3.17. The van der Waals surface area contributed by atoms with E-state index in [2.05, 4.69) is 10.3 Å². The molecule has 1 N–H and O–H groups in total. The van der Waals surface area contributed by atoms with E-state index >= 15 is 0 Å². The fourth-order valence-corrected chi connectivity index (χ4v) is 4.15. The number of nitrogens with one attached hydrogen (secondary N) is 1. The molecule has 1 atom stereocenters. The first-order chi connectivity index (χ1) is 17.3. The van der Waals surface area contributed by atoms with Crippen LogP contribution in [0.2, 0.25) is 5.02 Å². The minimum atomic E-state index is -0.570. The van der Waals surface area contributed by atoms with E-state index < -0.39 is 12.2 Å². The summed E-state index contributed by atoms with van der Waals surface area (Å²) >= 11 is 6.22. The second kappa shape index (κ2) is 10.7. The van der Waals surface area contributed by atoms with Crippen molar-refractivity contribution >= 4 is 34.3 Å². The van der Waals surface area contributed by atoms with Crippen molar-refractivity contribution in [2.75, 3.05) is 19.5 Å². The molecule has 1 aromatic heterocycles. The van der Waals surface area contributed by atoms with E-state index in [0.29, 0.717) is 39.2 Å². The molecule has 0 saturated carbocycles. The third kappa shape index (κ3) is 5.16. The molecule has 1 amide bonds. The number of benzene rings is 3. The first-order valence-electron chi connectivity index (χ1n) is 11.3. The molecule has 1 unspecified atom stereocenters. The summed E-state index contributed by atoms with van der Waals surface area (Å²) in [5.74, 6) is 2.45. The van der Waals surface area contributed by atoms with Crippen LogP contribution < -0.4 is 19.5 Å². The summed E-state index contributed by atoms with van der Waals surface area (Å²) in [4.78, 5) is 17.0. The number of ether oxygens (including phenoxy) is 4. The zero-order chi connectivity index (χ0) is 25.8. The Morgan fingerprint density at radius 1 is 0.917 bits per heavy atom. The smallest absolute Gasteiger partial charge is 0.412 e. The molecule has 8 heteroatoms. The molecule has 0 radical (unpaired) electrons. The summed E-state index contributed by atoms with van der Waals surface area (Å²) in [5, 5.41) is 4.15. The predicted molar refractivity (Wildman–Crippen MR) is 141 cm³/mol. The van der Waals surface area contributed by atoms with Gasteiger partial charge in [-0.25, -0.2) is 4.79 Å². The second-order valence-corrected chi connectivity index (χ2v) is 8.60. The average molecular weight is 507 g/mol. The molecule has 1 heterocycles. The summed E-state index contributed by atoms with van der Waals surface area (Å²) < 4.78 is 22.6. The maximum atomic E-state index is 12.6. The maximum absolute atomic E-state index is 12.6. The Bertz CT molecular complexity index is 1420.